The maximum absolute atomic E-state index is 8.88. The average Bonchev–Trinajstić information content (AvgIpc) is 1.12. The van der Waals surface area contributed by atoms with Crippen LogP contribution in [0.25, 0.3) is 0 Å². The predicted octanol–water partition coefficient (Wildman–Crippen LogP) is -3.85. The fraction of sp³-hybridized carbons (Fsp3) is 0. The minimum atomic E-state index is -4.64. The molecule has 0 radical (unpaired) electrons. The third kappa shape index (κ3) is 217. The molecular formula is H11CaO8PSiSr. The molecule has 0 aromatic carbocycles. The van der Waals surface area contributed by atoms with E-state index in [1.807, 2.05) is 0 Å². The monoisotopic (exact) mass is 326 g/mol. The van der Waals surface area contributed by atoms with Crippen molar-refractivity contribution in [1.82, 2.24) is 0 Å². The zero-order valence-corrected chi connectivity index (χ0v) is 13.5. The maximum atomic E-state index is 8.88. The van der Waals surface area contributed by atoms with Crippen molar-refractivity contribution < 1.29 is 44.1 Å². The molecule has 0 unspecified atom stereocenters. The van der Waals surface area contributed by atoms with Crippen LogP contribution in [-0.2, 0) is 4.57 Å². The van der Waals surface area contributed by atoms with Crippen molar-refractivity contribution in [3.05, 3.63) is 0 Å². The van der Waals surface area contributed by atoms with Crippen molar-refractivity contribution in [1.29, 1.82) is 0 Å². The number of hydrogen-bond acceptors (Lipinski definition) is 5. The Bertz CT molecular complexity index is 124. The van der Waals surface area contributed by atoms with Gasteiger partial charge in [0.05, 0.1) is 0 Å². The second-order valence-electron chi connectivity index (χ2n) is 1.11. The van der Waals surface area contributed by atoms with Crippen molar-refractivity contribution in [2.24, 2.45) is 0 Å². The summed E-state index contributed by atoms with van der Waals surface area (Å²) in [6, 6.07) is 0. The first-order valence-electron chi connectivity index (χ1n) is 1.68. The van der Waals surface area contributed by atoms with Crippen LogP contribution in [0, 0.1) is 0 Å². The zero-order chi connectivity index (χ0) is 9.00. The molecule has 0 aromatic rings. The number of hydrogen-bond donors (Lipinski definition) is 7. The van der Waals surface area contributed by atoms with Gasteiger partial charge in [0, 0.05) is 0 Å². The Kier molecular flexibility index (Phi) is 21.1. The van der Waals surface area contributed by atoms with Gasteiger partial charge in [0.2, 0.25) is 0 Å². The van der Waals surface area contributed by atoms with Gasteiger partial charge in [-0.2, -0.15) is 0 Å². The van der Waals surface area contributed by atoms with Crippen molar-refractivity contribution in [3.8, 4) is 0 Å². The Morgan fingerprint density at radius 3 is 1.00 bits per heavy atom. The van der Waals surface area contributed by atoms with Gasteiger partial charge in [-0.15, -0.1) is 0 Å². The van der Waals surface area contributed by atoms with Crippen LogP contribution in [0.4, 0.5) is 0 Å². The van der Waals surface area contributed by atoms with Crippen molar-refractivity contribution in [2.45, 2.75) is 0 Å². The van der Waals surface area contributed by atoms with Gasteiger partial charge in [0.25, 0.3) is 0 Å². The molecule has 12 heavy (non-hydrogen) atoms. The molecule has 0 saturated carbocycles. The first kappa shape index (κ1) is 24.2. The molecular weight excluding hydrogens is 315 g/mol. The quantitative estimate of drug-likeness (QED) is 0.176. The summed E-state index contributed by atoms with van der Waals surface area (Å²) in [5, 5.41) is 0. The first-order chi connectivity index (χ1) is 4.00. The van der Waals surface area contributed by atoms with Crippen LogP contribution < -0.4 is 0 Å². The summed E-state index contributed by atoms with van der Waals surface area (Å²) in [6.45, 7) is 0. The molecule has 0 aliphatic heterocycles. The SMILES string of the molecule is O=P(O)(O)O.O[Si](O)(O)O.[Ca+2].[H-].[H-].[H-].[H-].[Sr+2]. The average molecular weight is 326 g/mol. The van der Waals surface area contributed by atoms with Crippen LogP contribution in [-0.4, -0.2) is 126 Å². The molecule has 0 aliphatic rings. The van der Waals surface area contributed by atoms with Crippen LogP contribution in [0.2, 0.25) is 0 Å². The molecule has 0 amide bonds. The van der Waals surface area contributed by atoms with E-state index in [4.69, 9.17) is 38.4 Å². The van der Waals surface area contributed by atoms with Crippen molar-refractivity contribution in [2.75, 3.05) is 0 Å². The second kappa shape index (κ2) is 10.4. The Morgan fingerprint density at radius 2 is 1.00 bits per heavy atom. The normalized spacial score (nSPS) is 9.92. The Labute approximate surface area is 142 Å². The van der Waals surface area contributed by atoms with Crippen LogP contribution >= 0.6 is 7.82 Å². The molecule has 0 bridgehead atoms. The van der Waals surface area contributed by atoms with Crippen LogP contribution in [0.1, 0.15) is 5.71 Å². The van der Waals surface area contributed by atoms with E-state index in [1.54, 1.807) is 0 Å². The molecule has 0 saturated heterocycles. The minimum Gasteiger partial charge on any atom is -1.00 e. The van der Waals surface area contributed by atoms with Crippen molar-refractivity contribution in [3.63, 3.8) is 0 Å². The summed E-state index contributed by atoms with van der Waals surface area (Å²) in [6.07, 6.45) is 0. The number of rotatable bonds is 0. The molecule has 8 nitrogen and oxygen atoms in total. The first-order valence-corrected chi connectivity index (χ1v) is 5.03. The smallest absolute Gasteiger partial charge is 1.00 e. The van der Waals surface area contributed by atoms with E-state index >= 15 is 0 Å². The van der Waals surface area contributed by atoms with E-state index in [0.717, 1.165) is 0 Å². The molecule has 7 N–H and O–H groups in total. The molecule has 0 fully saturated rings. The maximum Gasteiger partial charge on any atom is 2.00 e. The van der Waals surface area contributed by atoms with Gasteiger partial charge in [-0.3, -0.25) is 0 Å². The summed E-state index contributed by atoms with van der Waals surface area (Å²) in [7, 11) is -9.25. The third-order valence-corrected chi connectivity index (χ3v) is 0. The van der Waals surface area contributed by atoms with Crippen LogP contribution in [0.3, 0.4) is 0 Å². The Morgan fingerprint density at radius 1 is 1.00 bits per heavy atom. The van der Waals surface area contributed by atoms with Gasteiger partial charge in [-0.05, 0) is 0 Å². The molecule has 0 heterocycles. The molecule has 0 aliphatic carbocycles. The number of phosphoric acid groups is 1. The predicted molar refractivity (Wildman–Crippen MR) is 44.8 cm³/mol. The van der Waals surface area contributed by atoms with Gasteiger partial charge < -0.3 is 39.6 Å². The Hall–Kier alpha value is 2.91. The van der Waals surface area contributed by atoms with Gasteiger partial charge >= 0.3 is 100 Å². The van der Waals surface area contributed by atoms with E-state index in [1.165, 1.54) is 0 Å². The van der Waals surface area contributed by atoms with Gasteiger partial charge in [-0.1, -0.05) is 0 Å². The standard InChI is InChI=1S/Ca.H3O4P.H4O4Si.Sr.4H/c;2*1-5(2,3)4;;;;;/h;(H3,1,2,3,4);1-4H;;;;;/q+2;;;+2;4*-1. The van der Waals surface area contributed by atoms with Crippen LogP contribution in [0.15, 0.2) is 0 Å². The Balaban J connectivity index is -0.00000000970. The van der Waals surface area contributed by atoms with E-state index in [0.29, 0.717) is 0 Å². The summed E-state index contributed by atoms with van der Waals surface area (Å²) in [4.78, 5) is 50.9. The second-order valence-corrected chi connectivity index (χ2v) is 3.34. The molecule has 0 rings (SSSR count). The summed E-state index contributed by atoms with van der Waals surface area (Å²) < 4.78 is 8.88. The fourth-order valence-electron chi connectivity index (χ4n) is 0. The molecule has 0 spiro atoms. The zero-order valence-electron chi connectivity index (χ0n) is 9.90. The van der Waals surface area contributed by atoms with Gasteiger partial charge in [0.15, 0.2) is 0 Å². The van der Waals surface area contributed by atoms with Crippen molar-refractivity contribution >= 4 is 100 Å². The summed E-state index contributed by atoms with van der Waals surface area (Å²) in [5.41, 5.74) is 0. The van der Waals surface area contributed by atoms with E-state index in [2.05, 4.69) is 0 Å². The topological polar surface area (TPSA) is 159 Å². The summed E-state index contributed by atoms with van der Waals surface area (Å²) in [5.74, 6) is 0. The largest absolute Gasteiger partial charge is 2.00 e. The molecule has 0 aromatic heterocycles. The van der Waals surface area contributed by atoms with E-state index < -0.39 is 16.9 Å². The molecule has 0 atom stereocenters. The van der Waals surface area contributed by atoms with E-state index in [-0.39, 0.29) is 88.9 Å². The molecule has 12 heteroatoms. The fourth-order valence-corrected chi connectivity index (χ4v) is 0. The minimum absolute atomic E-state index is 0. The summed E-state index contributed by atoms with van der Waals surface area (Å²) >= 11 is 0. The van der Waals surface area contributed by atoms with Gasteiger partial charge in [0.1, 0.15) is 0 Å². The third-order valence-electron chi connectivity index (χ3n) is 0. The van der Waals surface area contributed by atoms with Crippen LogP contribution in [0.5, 0.6) is 0 Å². The molecule has 72 valence electrons. The van der Waals surface area contributed by atoms with Gasteiger partial charge in [-0.25, -0.2) is 4.57 Å². The van der Waals surface area contributed by atoms with E-state index in [9.17, 15) is 0 Å².